The maximum absolute atomic E-state index is 12.6. The number of amides is 2. The Morgan fingerprint density at radius 3 is 2.31 bits per heavy atom. The molecule has 3 rings (SSSR count). The minimum Gasteiger partial charge on any atom is -0.339 e. The number of nitriles is 1. The average Bonchev–Trinajstić information content (AvgIpc) is 2.72. The molecule has 0 atom stereocenters. The van der Waals surface area contributed by atoms with Crippen LogP contribution in [0.2, 0.25) is 0 Å². The van der Waals surface area contributed by atoms with Gasteiger partial charge in [0.1, 0.15) is 0 Å². The summed E-state index contributed by atoms with van der Waals surface area (Å²) in [7, 11) is 0. The van der Waals surface area contributed by atoms with Crippen molar-refractivity contribution in [3.63, 3.8) is 0 Å². The van der Waals surface area contributed by atoms with E-state index >= 15 is 0 Å². The molecule has 1 fully saturated rings. The number of rotatable bonds is 4. The van der Waals surface area contributed by atoms with Gasteiger partial charge in [0.2, 0.25) is 5.91 Å². The second kappa shape index (κ2) is 8.30. The summed E-state index contributed by atoms with van der Waals surface area (Å²) >= 11 is 0. The van der Waals surface area contributed by atoms with Crippen LogP contribution in [0.3, 0.4) is 0 Å². The van der Waals surface area contributed by atoms with Crippen molar-refractivity contribution in [1.82, 2.24) is 9.80 Å². The van der Waals surface area contributed by atoms with Crippen molar-refractivity contribution < 1.29 is 9.59 Å². The van der Waals surface area contributed by atoms with Crippen molar-refractivity contribution in [3.05, 3.63) is 71.3 Å². The van der Waals surface area contributed by atoms with Crippen LogP contribution in [0.4, 0.5) is 0 Å². The Morgan fingerprint density at radius 2 is 1.62 bits per heavy atom. The molecule has 0 spiro atoms. The highest BCUT2D eigenvalue weighted by atomic mass is 16.2. The van der Waals surface area contributed by atoms with Crippen molar-refractivity contribution in [3.8, 4) is 6.07 Å². The standard InChI is InChI=1S/C21H21N3O2/c22-16-18-7-4-8-19(15-18)21(26)24-13-11-23(12-14-24)20(25)10-9-17-5-2-1-3-6-17/h1-8,15H,9-14H2. The molecule has 5 nitrogen and oxygen atoms in total. The first-order valence-electron chi connectivity index (χ1n) is 8.78. The van der Waals surface area contributed by atoms with Gasteiger partial charge in [-0.25, -0.2) is 0 Å². The Hall–Kier alpha value is -3.13. The fourth-order valence-electron chi connectivity index (χ4n) is 3.12. The van der Waals surface area contributed by atoms with Gasteiger partial charge in [-0.15, -0.1) is 0 Å². The Labute approximate surface area is 153 Å². The zero-order chi connectivity index (χ0) is 18.4. The lowest BCUT2D eigenvalue weighted by atomic mass is 10.1. The zero-order valence-corrected chi connectivity index (χ0v) is 14.6. The van der Waals surface area contributed by atoms with E-state index in [0.717, 1.165) is 12.0 Å². The van der Waals surface area contributed by atoms with Gasteiger partial charge in [-0.05, 0) is 30.2 Å². The van der Waals surface area contributed by atoms with Gasteiger partial charge in [0.15, 0.2) is 0 Å². The van der Waals surface area contributed by atoms with Crippen LogP contribution < -0.4 is 0 Å². The van der Waals surface area contributed by atoms with Crippen molar-refractivity contribution in [1.29, 1.82) is 5.26 Å². The summed E-state index contributed by atoms with van der Waals surface area (Å²) in [5.41, 5.74) is 2.16. The summed E-state index contributed by atoms with van der Waals surface area (Å²) in [6.07, 6.45) is 1.22. The van der Waals surface area contributed by atoms with Crippen molar-refractivity contribution in [2.45, 2.75) is 12.8 Å². The number of aryl methyl sites for hydroxylation is 1. The van der Waals surface area contributed by atoms with Crippen molar-refractivity contribution in [2.75, 3.05) is 26.2 Å². The normalized spacial score (nSPS) is 14.0. The van der Waals surface area contributed by atoms with Gasteiger partial charge in [0, 0.05) is 38.2 Å². The molecule has 0 aromatic heterocycles. The maximum atomic E-state index is 12.6. The molecule has 2 aromatic carbocycles. The van der Waals surface area contributed by atoms with Crippen LogP contribution in [0, 0.1) is 11.3 Å². The van der Waals surface area contributed by atoms with Crippen molar-refractivity contribution >= 4 is 11.8 Å². The number of benzene rings is 2. The number of nitrogens with zero attached hydrogens (tertiary/aromatic N) is 3. The first-order chi connectivity index (χ1) is 12.7. The van der Waals surface area contributed by atoms with Crippen LogP contribution >= 0.6 is 0 Å². The molecule has 0 bridgehead atoms. The van der Waals surface area contributed by atoms with Crippen molar-refractivity contribution in [2.24, 2.45) is 0 Å². The number of carbonyl (C=O) groups is 2. The highest BCUT2D eigenvalue weighted by Gasteiger charge is 2.24. The summed E-state index contributed by atoms with van der Waals surface area (Å²) in [4.78, 5) is 28.5. The fraction of sp³-hybridized carbons (Fsp3) is 0.286. The first-order valence-corrected chi connectivity index (χ1v) is 8.78. The number of carbonyl (C=O) groups excluding carboxylic acids is 2. The molecule has 0 saturated carbocycles. The molecule has 2 amide bonds. The Balaban J connectivity index is 1.51. The van der Waals surface area contributed by atoms with Gasteiger partial charge in [0.05, 0.1) is 11.6 Å². The molecule has 2 aromatic rings. The van der Waals surface area contributed by atoms with Gasteiger partial charge < -0.3 is 9.80 Å². The predicted octanol–water partition coefficient (Wildman–Crippen LogP) is 2.48. The second-order valence-electron chi connectivity index (χ2n) is 6.35. The van der Waals surface area contributed by atoms with Crippen LogP contribution in [-0.2, 0) is 11.2 Å². The summed E-state index contributed by atoms with van der Waals surface area (Å²) in [5.74, 6) is 0.0471. The first kappa shape index (κ1) is 17.7. The maximum Gasteiger partial charge on any atom is 0.254 e. The molecule has 0 N–H and O–H groups in total. The van der Waals surface area contributed by atoms with E-state index in [9.17, 15) is 9.59 Å². The summed E-state index contributed by atoms with van der Waals surface area (Å²) in [6, 6.07) is 18.8. The van der Waals surface area contributed by atoms with E-state index in [0.29, 0.717) is 43.7 Å². The summed E-state index contributed by atoms with van der Waals surface area (Å²) < 4.78 is 0. The number of piperazine rings is 1. The predicted molar refractivity (Wildman–Crippen MR) is 98.4 cm³/mol. The van der Waals surface area contributed by atoms with E-state index in [-0.39, 0.29) is 11.8 Å². The third-order valence-electron chi connectivity index (χ3n) is 4.63. The van der Waals surface area contributed by atoms with Crippen LogP contribution in [0.1, 0.15) is 27.9 Å². The van der Waals surface area contributed by atoms with Crippen LogP contribution in [0.5, 0.6) is 0 Å². The Kier molecular flexibility index (Phi) is 5.65. The SMILES string of the molecule is N#Cc1cccc(C(=O)N2CCN(C(=O)CCc3ccccc3)CC2)c1. The van der Waals surface area contributed by atoms with E-state index in [1.165, 1.54) is 0 Å². The molecule has 1 aliphatic heterocycles. The van der Waals surface area contributed by atoms with Gasteiger partial charge in [-0.3, -0.25) is 9.59 Å². The zero-order valence-electron chi connectivity index (χ0n) is 14.6. The molecule has 0 unspecified atom stereocenters. The second-order valence-corrected chi connectivity index (χ2v) is 6.35. The van der Waals surface area contributed by atoms with Gasteiger partial charge in [-0.1, -0.05) is 36.4 Å². The van der Waals surface area contributed by atoms with Gasteiger partial charge >= 0.3 is 0 Å². The third kappa shape index (κ3) is 4.28. The van der Waals surface area contributed by atoms with Gasteiger partial charge in [-0.2, -0.15) is 5.26 Å². The number of hydrogen-bond acceptors (Lipinski definition) is 3. The molecule has 26 heavy (non-hydrogen) atoms. The van der Waals surface area contributed by atoms with Gasteiger partial charge in [0.25, 0.3) is 5.91 Å². The van der Waals surface area contributed by atoms with Crippen LogP contribution in [0.25, 0.3) is 0 Å². The monoisotopic (exact) mass is 347 g/mol. The molecular formula is C21H21N3O2. The lowest BCUT2D eigenvalue weighted by Gasteiger charge is -2.35. The third-order valence-corrected chi connectivity index (χ3v) is 4.63. The minimum absolute atomic E-state index is 0.0847. The molecule has 0 aliphatic carbocycles. The average molecular weight is 347 g/mol. The topological polar surface area (TPSA) is 64.4 Å². The Bertz CT molecular complexity index is 819. The van der Waals surface area contributed by atoms with E-state index in [2.05, 4.69) is 6.07 Å². The molecule has 0 radical (unpaired) electrons. The lowest BCUT2D eigenvalue weighted by Crippen LogP contribution is -2.50. The van der Waals surface area contributed by atoms with E-state index in [4.69, 9.17) is 5.26 Å². The quantitative estimate of drug-likeness (QED) is 0.853. The van der Waals surface area contributed by atoms with E-state index in [1.54, 1.807) is 29.2 Å². The lowest BCUT2D eigenvalue weighted by molar-refractivity contribution is -0.132. The highest BCUT2D eigenvalue weighted by Crippen LogP contribution is 2.12. The molecule has 5 heteroatoms. The number of hydrogen-bond donors (Lipinski definition) is 0. The smallest absolute Gasteiger partial charge is 0.254 e. The fourth-order valence-corrected chi connectivity index (χ4v) is 3.12. The van der Waals surface area contributed by atoms with E-state index in [1.807, 2.05) is 35.2 Å². The molecule has 1 heterocycles. The largest absolute Gasteiger partial charge is 0.339 e. The highest BCUT2D eigenvalue weighted by molar-refractivity contribution is 5.94. The molecule has 1 saturated heterocycles. The molecule has 1 aliphatic rings. The minimum atomic E-state index is -0.0847. The van der Waals surface area contributed by atoms with E-state index < -0.39 is 0 Å². The van der Waals surface area contributed by atoms with Crippen LogP contribution in [-0.4, -0.2) is 47.8 Å². The van der Waals surface area contributed by atoms with Crippen LogP contribution in [0.15, 0.2) is 54.6 Å². The summed E-state index contributed by atoms with van der Waals surface area (Å²) in [5, 5.41) is 8.96. The Morgan fingerprint density at radius 1 is 0.923 bits per heavy atom. The molecule has 132 valence electrons. The molecular weight excluding hydrogens is 326 g/mol. The summed E-state index contributed by atoms with van der Waals surface area (Å²) in [6.45, 7) is 2.15.